The molecule has 0 bridgehead atoms. The summed E-state index contributed by atoms with van der Waals surface area (Å²) in [4.78, 5) is 14.2. The van der Waals surface area contributed by atoms with Crippen LogP contribution in [-0.4, -0.2) is 56.7 Å². The second-order valence-corrected chi connectivity index (χ2v) is 5.66. The third-order valence-corrected chi connectivity index (χ3v) is 4.34. The Morgan fingerprint density at radius 2 is 2.43 bits per heavy atom. The van der Waals surface area contributed by atoms with Crippen LogP contribution in [-0.2, 0) is 17.6 Å². The van der Waals surface area contributed by atoms with E-state index in [0.29, 0.717) is 0 Å². The molecule has 5 heteroatoms. The standard InChI is InChI=1S/C16H23N3O2/c1-17-16(20)14-11-18-6-8-19(14)7-4-12-2-3-15-13(10-12)5-9-21-15/h2-3,10,14,18H,4-9,11H2,1H3,(H,17,20). The van der Waals surface area contributed by atoms with Crippen LogP contribution in [0.15, 0.2) is 18.2 Å². The Morgan fingerprint density at radius 1 is 1.52 bits per heavy atom. The molecule has 114 valence electrons. The molecule has 1 fully saturated rings. The summed E-state index contributed by atoms with van der Waals surface area (Å²) in [6.07, 6.45) is 1.98. The third-order valence-electron chi connectivity index (χ3n) is 4.34. The van der Waals surface area contributed by atoms with Gasteiger partial charge in [-0.15, -0.1) is 0 Å². The number of amides is 1. The molecule has 1 saturated heterocycles. The largest absolute Gasteiger partial charge is 0.493 e. The normalized spacial score (nSPS) is 21.7. The molecule has 1 amide bonds. The van der Waals surface area contributed by atoms with E-state index in [1.165, 1.54) is 11.1 Å². The molecular weight excluding hydrogens is 266 g/mol. The molecule has 0 aliphatic carbocycles. The smallest absolute Gasteiger partial charge is 0.238 e. The van der Waals surface area contributed by atoms with Gasteiger partial charge in [0.25, 0.3) is 0 Å². The van der Waals surface area contributed by atoms with E-state index in [-0.39, 0.29) is 11.9 Å². The van der Waals surface area contributed by atoms with Gasteiger partial charge in [-0.1, -0.05) is 12.1 Å². The number of carbonyl (C=O) groups excluding carboxylic acids is 1. The monoisotopic (exact) mass is 289 g/mol. The van der Waals surface area contributed by atoms with Crippen molar-refractivity contribution in [3.05, 3.63) is 29.3 Å². The molecule has 1 atom stereocenters. The predicted molar refractivity (Wildman–Crippen MR) is 81.6 cm³/mol. The van der Waals surface area contributed by atoms with Gasteiger partial charge in [-0.3, -0.25) is 9.69 Å². The topological polar surface area (TPSA) is 53.6 Å². The molecule has 0 radical (unpaired) electrons. The van der Waals surface area contributed by atoms with E-state index >= 15 is 0 Å². The lowest BCUT2D eigenvalue weighted by Crippen LogP contribution is -2.57. The Labute approximate surface area is 125 Å². The second kappa shape index (κ2) is 6.45. The molecule has 0 saturated carbocycles. The quantitative estimate of drug-likeness (QED) is 0.830. The molecule has 1 aromatic rings. The molecule has 2 N–H and O–H groups in total. The van der Waals surface area contributed by atoms with Crippen LogP contribution in [0.5, 0.6) is 5.75 Å². The van der Waals surface area contributed by atoms with Gasteiger partial charge in [0, 0.05) is 39.6 Å². The van der Waals surface area contributed by atoms with Crippen molar-refractivity contribution in [2.45, 2.75) is 18.9 Å². The fraction of sp³-hybridized carbons (Fsp3) is 0.562. The van der Waals surface area contributed by atoms with Crippen molar-refractivity contribution in [1.29, 1.82) is 0 Å². The van der Waals surface area contributed by atoms with Gasteiger partial charge in [0.05, 0.1) is 6.61 Å². The first-order valence-corrected chi connectivity index (χ1v) is 7.69. The second-order valence-electron chi connectivity index (χ2n) is 5.66. The van der Waals surface area contributed by atoms with Crippen LogP contribution in [0, 0.1) is 0 Å². The summed E-state index contributed by atoms with van der Waals surface area (Å²) >= 11 is 0. The van der Waals surface area contributed by atoms with Gasteiger partial charge in [-0.2, -0.15) is 0 Å². The van der Waals surface area contributed by atoms with E-state index in [1.54, 1.807) is 7.05 Å². The highest BCUT2D eigenvalue weighted by molar-refractivity contribution is 5.81. The number of piperazine rings is 1. The van der Waals surface area contributed by atoms with Gasteiger partial charge < -0.3 is 15.4 Å². The first-order chi connectivity index (χ1) is 10.3. The van der Waals surface area contributed by atoms with Gasteiger partial charge in [0.1, 0.15) is 11.8 Å². The van der Waals surface area contributed by atoms with Crippen LogP contribution in [0.1, 0.15) is 11.1 Å². The van der Waals surface area contributed by atoms with Crippen molar-refractivity contribution >= 4 is 5.91 Å². The molecule has 0 spiro atoms. The molecule has 1 aromatic carbocycles. The maximum Gasteiger partial charge on any atom is 0.238 e. The lowest BCUT2D eigenvalue weighted by molar-refractivity contribution is -0.126. The van der Waals surface area contributed by atoms with Crippen molar-refractivity contribution < 1.29 is 9.53 Å². The van der Waals surface area contributed by atoms with Crippen molar-refractivity contribution in [1.82, 2.24) is 15.5 Å². The number of nitrogens with zero attached hydrogens (tertiary/aromatic N) is 1. The number of nitrogens with one attached hydrogen (secondary N) is 2. The lowest BCUT2D eigenvalue weighted by Gasteiger charge is -2.34. The first kappa shape index (κ1) is 14.4. The van der Waals surface area contributed by atoms with E-state index in [4.69, 9.17) is 4.74 Å². The Bertz CT molecular complexity index is 518. The van der Waals surface area contributed by atoms with Crippen LogP contribution in [0.3, 0.4) is 0 Å². The summed E-state index contributed by atoms with van der Waals surface area (Å²) in [6.45, 7) is 4.32. The Kier molecular flexibility index (Phi) is 4.41. The predicted octanol–water partition coefficient (Wildman–Crippen LogP) is 0.184. The summed E-state index contributed by atoms with van der Waals surface area (Å²) in [6, 6.07) is 6.41. The maximum atomic E-state index is 11.9. The number of hydrogen-bond donors (Lipinski definition) is 2. The fourth-order valence-electron chi connectivity index (χ4n) is 3.11. The van der Waals surface area contributed by atoms with Crippen molar-refractivity contribution in [2.24, 2.45) is 0 Å². The van der Waals surface area contributed by atoms with Gasteiger partial charge in [0.2, 0.25) is 5.91 Å². The minimum absolute atomic E-state index is 0.0542. The number of carbonyl (C=O) groups is 1. The first-order valence-electron chi connectivity index (χ1n) is 7.69. The third kappa shape index (κ3) is 3.19. The number of benzene rings is 1. The van der Waals surface area contributed by atoms with Gasteiger partial charge in [-0.25, -0.2) is 0 Å². The van der Waals surface area contributed by atoms with E-state index in [1.807, 2.05) is 0 Å². The maximum absolute atomic E-state index is 11.9. The van der Waals surface area contributed by atoms with Crippen molar-refractivity contribution in [3.63, 3.8) is 0 Å². The van der Waals surface area contributed by atoms with Crippen LogP contribution >= 0.6 is 0 Å². The zero-order valence-corrected chi connectivity index (χ0v) is 12.5. The van der Waals surface area contributed by atoms with Crippen LogP contribution in [0.2, 0.25) is 0 Å². The Morgan fingerprint density at radius 3 is 3.29 bits per heavy atom. The zero-order chi connectivity index (χ0) is 14.7. The summed E-state index contributed by atoms with van der Waals surface area (Å²) in [5.74, 6) is 1.13. The SMILES string of the molecule is CNC(=O)C1CNCCN1CCc1ccc2c(c1)CCO2. The van der Waals surface area contributed by atoms with E-state index in [0.717, 1.165) is 51.4 Å². The van der Waals surface area contributed by atoms with Crippen LogP contribution in [0.4, 0.5) is 0 Å². The Balaban J connectivity index is 1.61. The molecule has 1 unspecified atom stereocenters. The molecule has 2 heterocycles. The highest BCUT2D eigenvalue weighted by Crippen LogP contribution is 2.26. The lowest BCUT2D eigenvalue weighted by atomic mass is 10.0. The van der Waals surface area contributed by atoms with Crippen LogP contribution < -0.4 is 15.4 Å². The average Bonchev–Trinajstić information content (AvgIpc) is 3.00. The van der Waals surface area contributed by atoms with Crippen molar-refractivity contribution in [2.75, 3.05) is 39.8 Å². The highest BCUT2D eigenvalue weighted by Gasteiger charge is 2.27. The number of rotatable bonds is 4. The summed E-state index contributed by atoms with van der Waals surface area (Å²) in [7, 11) is 1.70. The molecule has 5 nitrogen and oxygen atoms in total. The summed E-state index contributed by atoms with van der Waals surface area (Å²) < 4.78 is 5.54. The van der Waals surface area contributed by atoms with E-state index in [9.17, 15) is 4.79 Å². The Hall–Kier alpha value is -1.59. The van der Waals surface area contributed by atoms with E-state index in [2.05, 4.69) is 33.7 Å². The molecule has 3 rings (SSSR count). The average molecular weight is 289 g/mol. The molecule has 2 aliphatic rings. The highest BCUT2D eigenvalue weighted by atomic mass is 16.5. The summed E-state index contributed by atoms with van der Waals surface area (Å²) in [5.41, 5.74) is 2.64. The van der Waals surface area contributed by atoms with Crippen LogP contribution in [0.25, 0.3) is 0 Å². The minimum atomic E-state index is -0.0542. The minimum Gasteiger partial charge on any atom is -0.493 e. The zero-order valence-electron chi connectivity index (χ0n) is 12.5. The van der Waals surface area contributed by atoms with Gasteiger partial charge in [0.15, 0.2) is 0 Å². The number of fused-ring (bicyclic) bond motifs is 1. The molecule has 0 aromatic heterocycles. The van der Waals surface area contributed by atoms with Crippen molar-refractivity contribution in [3.8, 4) is 5.75 Å². The molecular formula is C16H23N3O2. The van der Waals surface area contributed by atoms with Gasteiger partial charge >= 0.3 is 0 Å². The summed E-state index contributed by atoms with van der Waals surface area (Å²) in [5, 5.41) is 6.05. The number of ether oxygens (including phenoxy) is 1. The van der Waals surface area contributed by atoms with E-state index < -0.39 is 0 Å². The molecule has 21 heavy (non-hydrogen) atoms. The number of hydrogen-bond acceptors (Lipinski definition) is 4. The fourth-order valence-corrected chi connectivity index (χ4v) is 3.11. The molecule has 2 aliphatic heterocycles. The van der Waals surface area contributed by atoms with Gasteiger partial charge in [-0.05, 0) is 23.6 Å². The number of likely N-dealkylation sites (N-methyl/N-ethyl adjacent to an activating group) is 1.